The lowest BCUT2D eigenvalue weighted by molar-refractivity contribution is 0.415. The van der Waals surface area contributed by atoms with Crippen molar-refractivity contribution in [1.29, 1.82) is 0 Å². The molecular formula is C16H14N6O3S. The highest BCUT2D eigenvalue weighted by Crippen LogP contribution is 2.25. The van der Waals surface area contributed by atoms with E-state index in [1.54, 1.807) is 19.5 Å². The second-order valence-electron chi connectivity index (χ2n) is 5.68. The summed E-state index contributed by atoms with van der Waals surface area (Å²) >= 11 is 0. The van der Waals surface area contributed by atoms with E-state index in [9.17, 15) is 8.42 Å². The van der Waals surface area contributed by atoms with Gasteiger partial charge in [0.2, 0.25) is 5.65 Å². The number of rotatable bonds is 4. The Balaban J connectivity index is 1.78. The van der Waals surface area contributed by atoms with Gasteiger partial charge in [0.25, 0.3) is 10.0 Å². The highest BCUT2D eigenvalue weighted by atomic mass is 32.2. The molecule has 1 aromatic carbocycles. The van der Waals surface area contributed by atoms with E-state index in [4.69, 9.17) is 9.88 Å². The zero-order valence-corrected chi connectivity index (χ0v) is 14.5. The van der Waals surface area contributed by atoms with Crippen LogP contribution in [0.1, 0.15) is 5.56 Å². The lowest BCUT2D eigenvalue weighted by Crippen LogP contribution is -2.14. The predicted octanol–water partition coefficient (Wildman–Crippen LogP) is 1.08. The summed E-state index contributed by atoms with van der Waals surface area (Å²) in [6, 6.07) is 8.61. The first-order valence-corrected chi connectivity index (χ1v) is 9.13. The van der Waals surface area contributed by atoms with E-state index in [1.165, 1.54) is 12.3 Å². The number of primary sulfonamides is 1. The maximum absolute atomic E-state index is 11.3. The standard InChI is InChI=1S/C16H14N6O3S/c1-25-11-3-4-12-13(6-11)20-21-16-15(12)22(9-19-16)8-10-2-5-14(18-7-10)26(17,23)24/h2-7,9H,8H2,1H3,(H2,17,23,24). The Morgan fingerprint density at radius 2 is 2.00 bits per heavy atom. The zero-order chi connectivity index (χ0) is 18.3. The Kier molecular flexibility index (Phi) is 3.78. The van der Waals surface area contributed by atoms with Crippen LogP contribution in [0.25, 0.3) is 22.1 Å². The molecule has 0 amide bonds. The molecule has 3 aromatic heterocycles. The summed E-state index contributed by atoms with van der Waals surface area (Å²) in [6.07, 6.45) is 3.14. The summed E-state index contributed by atoms with van der Waals surface area (Å²) in [5, 5.41) is 14.1. The molecule has 0 radical (unpaired) electrons. The van der Waals surface area contributed by atoms with Crippen molar-refractivity contribution in [2.45, 2.75) is 11.6 Å². The molecule has 3 heterocycles. The molecule has 0 atom stereocenters. The first kappa shape index (κ1) is 16.4. The molecule has 132 valence electrons. The van der Waals surface area contributed by atoms with E-state index in [-0.39, 0.29) is 5.03 Å². The molecule has 0 fully saturated rings. The van der Waals surface area contributed by atoms with E-state index in [2.05, 4.69) is 20.2 Å². The molecule has 0 saturated carbocycles. The molecule has 4 aromatic rings. The van der Waals surface area contributed by atoms with Crippen LogP contribution in [-0.4, -0.2) is 40.3 Å². The molecule has 0 saturated heterocycles. The minimum Gasteiger partial charge on any atom is -0.497 e. The fraction of sp³-hybridized carbons (Fsp3) is 0.125. The number of nitrogens with two attached hydrogens (primary N) is 1. The highest BCUT2D eigenvalue weighted by Gasteiger charge is 2.12. The van der Waals surface area contributed by atoms with Crippen LogP contribution < -0.4 is 9.88 Å². The van der Waals surface area contributed by atoms with E-state index in [0.29, 0.717) is 23.5 Å². The number of sulfonamides is 1. The first-order chi connectivity index (χ1) is 12.5. The predicted molar refractivity (Wildman–Crippen MR) is 94.1 cm³/mol. The Labute approximate surface area is 148 Å². The monoisotopic (exact) mass is 370 g/mol. The van der Waals surface area contributed by atoms with Gasteiger partial charge in [0.1, 0.15) is 5.75 Å². The van der Waals surface area contributed by atoms with Crippen molar-refractivity contribution < 1.29 is 13.2 Å². The van der Waals surface area contributed by atoms with Crippen molar-refractivity contribution in [3.05, 3.63) is 48.4 Å². The molecule has 9 nitrogen and oxygen atoms in total. The van der Waals surface area contributed by atoms with Gasteiger partial charge in [0, 0.05) is 17.6 Å². The van der Waals surface area contributed by atoms with Crippen LogP contribution >= 0.6 is 0 Å². The van der Waals surface area contributed by atoms with Gasteiger partial charge in [0.15, 0.2) is 5.03 Å². The topological polar surface area (TPSA) is 126 Å². The van der Waals surface area contributed by atoms with Crippen LogP contribution in [0, 0.1) is 0 Å². The minimum atomic E-state index is -3.81. The largest absolute Gasteiger partial charge is 0.497 e. The third-order valence-corrected chi connectivity index (χ3v) is 4.80. The maximum Gasteiger partial charge on any atom is 0.255 e. The van der Waals surface area contributed by atoms with Crippen LogP contribution in [0.2, 0.25) is 0 Å². The van der Waals surface area contributed by atoms with E-state index < -0.39 is 10.0 Å². The smallest absolute Gasteiger partial charge is 0.255 e. The second-order valence-corrected chi connectivity index (χ2v) is 7.19. The lowest BCUT2D eigenvalue weighted by Gasteiger charge is -2.07. The van der Waals surface area contributed by atoms with Gasteiger partial charge in [-0.2, -0.15) is 0 Å². The molecule has 0 aliphatic carbocycles. The molecular weight excluding hydrogens is 356 g/mol. The normalized spacial score (nSPS) is 11.9. The molecule has 4 rings (SSSR count). The summed E-state index contributed by atoms with van der Waals surface area (Å²) in [4.78, 5) is 8.19. The maximum atomic E-state index is 11.3. The van der Waals surface area contributed by atoms with E-state index in [1.807, 2.05) is 22.8 Å². The van der Waals surface area contributed by atoms with Crippen molar-refractivity contribution in [1.82, 2.24) is 24.7 Å². The second kappa shape index (κ2) is 6.00. The van der Waals surface area contributed by atoms with Crippen LogP contribution in [0.15, 0.2) is 47.9 Å². The van der Waals surface area contributed by atoms with Crippen molar-refractivity contribution in [3.8, 4) is 5.75 Å². The van der Waals surface area contributed by atoms with Crippen molar-refractivity contribution in [2.24, 2.45) is 5.14 Å². The van der Waals surface area contributed by atoms with Crippen LogP contribution in [-0.2, 0) is 16.6 Å². The number of aromatic nitrogens is 5. The SMILES string of the molecule is COc1ccc2c(c1)nnc1ncn(Cc3ccc(S(N)(=O)=O)nc3)c12. The Bertz CT molecular complexity index is 1220. The van der Waals surface area contributed by atoms with E-state index in [0.717, 1.165) is 16.5 Å². The van der Waals surface area contributed by atoms with Crippen molar-refractivity contribution >= 4 is 32.1 Å². The number of hydrogen-bond donors (Lipinski definition) is 1. The van der Waals surface area contributed by atoms with Gasteiger partial charge in [-0.3, -0.25) is 0 Å². The third-order valence-electron chi connectivity index (χ3n) is 3.97. The summed E-state index contributed by atoms with van der Waals surface area (Å²) in [5.74, 6) is 0.694. The summed E-state index contributed by atoms with van der Waals surface area (Å²) in [5.41, 5.74) is 2.85. The molecule has 26 heavy (non-hydrogen) atoms. The van der Waals surface area contributed by atoms with E-state index >= 15 is 0 Å². The Morgan fingerprint density at radius 3 is 2.69 bits per heavy atom. The van der Waals surface area contributed by atoms with Crippen LogP contribution in [0.3, 0.4) is 0 Å². The fourth-order valence-electron chi connectivity index (χ4n) is 2.73. The zero-order valence-electron chi connectivity index (χ0n) is 13.7. The molecule has 0 aliphatic heterocycles. The fourth-order valence-corrected chi connectivity index (χ4v) is 3.19. The first-order valence-electron chi connectivity index (χ1n) is 7.59. The van der Waals surface area contributed by atoms with Gasteiger partial charge in [0.05, 0.1) is 31.0 Å². The number of pyridine rings is 1. The van der Waals surface area contributed by atoms with Crippen LogP contribution in [0.4, 0.5) is 0 Å². The van der Waals surface area contributed by atoms with Gasteiger partial charge < -0.3 is 9.30 Å². The number of ether oxygens (including phenoxy) is 1. The van der Waals surface area contributed by atoms with Crippen molar-refractivity contribution in [2.75, 3.05) is 7.11 Å². The lowest BCUT2D eigenvalue weighted by atomic mass is 10.2. The van der Waals surface area contributed by atoms with Gasteiger partial charge >= 0.3 is 0 Å². The molecule has 0 aliphatic rings. The van der Waals surface area contributed by atoms with Crippen LogP contribution in [0.5, 0.6) is 5.75 Å². The van der Waals surface area contributed by atoms with Gasteiger partial charge in [-0.25, -0.2) is 23.5 Å². The molecule has 0 unspecified atom stereocenters. The minimum absolute atomic E-state index is 0.167. The Hall–Kier alpha value is -3.11. The number of imidazole rings is 1. The van der Waals surface area contributed by atoms with Gasteiger partial charge in [-0.15, -0.1) is 10.2 Å². The van der Waals surface area contributed by atoms with Gasteiger partial charge in [-0.1, -0.05) is 6.07 Å². The molecule has 10 heteroatoms. The summed E-state index contributed by atoms with van der Waals surface area (Å²) in [6.45, 7) is 0.446. The van der Waals surface area contributed by atoms with Gasteiger partial charge in [-0.05, 0) is 23.8 Å². The summed E-state index contributed by atoms with van der Waals surface area (Å²) < 4.78 is 29.8. The molecule has 0 spiro atoms. The number of fused-ring (bicyclic) bond motifs is 3. The number of benzene rings is 1. The Morgan fingerprint density at radius 1 is 1.15 bits per heavy atom. The average molecular weight is 370 g/mol. The number of hydrogen-bond acceptors (Lipinski definition) is 7. The quantitative estimate of drug-likeness (QED) is 0.569. The average Bonchev–Trinajstić information content (AvgIpc) is 3.04. The third kappa shape index (κ3) is 2.85. The number of methoxy groups -OCH3 is 1. The summed E-state index contributed by atoms with van der Waals surface area (Å²) in [7, 11) is -2.22. The number of nitrogens with zero attached hydrogens (tertiary/aromatic N) is 5. The molecule has 0 bridgehead atoms. The van der Waals surface area contributed by atoms with Crippen molar-refractivity contribution in [3.63, 3.8) is 0 Å². The highest BCUT2D eigenvalue weighted by molar-refractivity contribution is 7.89. The molecule has 2 N–H and O–H groups in total.